The Labute approximate surface area is 277 Å². The number of hydrogen-bond acceptors (Lipinski definition) is 7. The van der Waals surface area contributed by atoms with Gasteiger partial charge in [-0.3, -0.25) is 4.79 Å². The number of carbonyl (C=O) groups excluding carboxylic acids is 2. The van der Waals surface area contributed by atoms with E-state index in [9.17, 15) is 23.1 Å². The predicted molar refractivity (Wildman–Crippen MR) is 171 cm³/mol. The number of hydrogen-bond donors (Lipinski definition) is 4. The van der Waals surface area contributed by atoms with E-state index in [1.165, 1.54) is 12.1 Å². The standard InChI is InChI=1S/C33H44N4O6S/c1-24(2)22-37(44(41,42)29-19-17-27(34)18-20-29)28(23-38)16-10-11-21-35-32(39)31(36-33(40)43-3)30(25-12-6-4-7-13-25)26-14-8-5-9-15-26/h4-9,12-15,17-20,24,28,30-31,38H,10-11,16,21-23,34H2,1-3H3,(H,35,39)(H,36,40)/t28-,31-/m0/s1/i1D3,2D3,3D3,22D,23D,24D/t22?,23?,28-,31-. The molecule has 0 heterocycles. The molecule has 238 valence electrons. The van der Waals surface area contributed by atoms with Crippen LogP contribution in [0.15, 0.2) is 89.8 Å². The third-order valence-corrected chi connectivity index (χ3v) is 8.54. The van der Waals surface area contributed by atoms with Gasteiger partial charge < -0.3 is 26.2 Å². The second kappa shape index (κ2) is 16.8. The Hall–Kier alpha value is -3.93. The molecule has 0 aliphatic heterocycles. The maximum Gasteiger partial charge on any atom is 0.407 e. The van der Waals surface area contributed by atoms with Crippen molar-refractivity contribution in [2.75, 3.05) is 32.4 Å². The van der Waals surface area contributed by atoms with E-state index in [4.69, 9.17) is 22.2 Å². The fraction of sp³-hybridized carbons (Fsp3) is 0.394. The monoisotopic (exact) mass is 636 g/mol. The number of anilines is 1. The van der Waals surface area contributed by atoms with Gasteiger partial charge in [-0.1, -0.05) is 80.8 Å². The summed E-state index contributed by atoms with van der Waals surface area (Å²) in [6.45, 7) is -12.9. The summed E-state index contributed by atoms with van der Waals surface area (Å²) in [5.74, 6) is -5.39. The van der Waals surface area contributed by atoms with E-state index in [-0.39, 0.29) is 29.4 Å². The van der Waals surface area contributed by atoms with E-state index in [2.05, 4.69) is 15.4 Å². The van der Waals surface area contributed by atoms with Gasteiger partial charge >= 0.3 is 6.09 Å². The van der Waals surface area contributed by atoms with Crippen LogP contribution in [-0.2, 0) is 19.6 Å². The molecule has 0 aromatic heterocycles. The predicted octanol–water partition coefficient (Wildman–Crippen LogP) is 4.12. The quantitative estimate of drug-likeness (QED) is 0.136. The van der Waals surface area contributed by atoms with Gasteiger partial charge in [-0.2, -0.15) is 4.31 Å². The lowest BCUT2D eigenvalue weighted by atomic mass is 9.84. The number of unbranched alkanes of at least 4 members (excludes halogenated alkanes) is 1. The van der Waals surface area contributed by atoms with Crippen molar-refractivity contribution >= 4 is 27.7 Å². The fourth-order valence-electron chi connectivity index (χ4n) is 4.65. The van der Waals surface area contributed by atoms with Gasteiger partial charge in [0, 0.05) is 41.7 Å². The highest BCUT2D eigenvalue weighted by Crippen LogP contribution is 2.29. The Morgan fingerprint density at radius 1 is 1.00 bits per heavy atom. The summed E-state index contributed by atoms with van der Waals surface area (Å²) >= 11 is 0. The van der Waals surface area contributed by atoms with Crippen molar-refractivity contribution in [3.05, 3.63) is 96.1 Å². The molecule has 4 atom stereocenters. The summed E-state index contributed by atoms with van der Waals surface area (Å²) in [5.41, 5.74) is 6.96. The van der Waals surface area contributed by atoms with Gasteiger partial charge in [-0.05, 0) is 54.1 Å². The van der Waals surface area contributed by atoms with Crippen molar-refractivity contribution in [2.24, 2.45) is 5.89 Å². The van der Waals surface area contributed by atoms with Gasteiger partial charge in [0.05, 0.1) is 24.0 Å². The topological polar surface area (TPSA) is 151 Å². The van der Waals surface area contributed by atoms with Crippen LogP contribution in [0, 0.1) is 5.89 Å². The number of alkyl carbamates (subject to hydrolysis) is 1. The van der Waals surface area contributed by atoms with Gasteiger partial charge in [-0.25, -0.2) is 13.2 Å². The largest absolute Gasteiger partial charge is 0.453 e. The molecule has 0 spiro atoms. The summed E-state index contributed by atoms with van der Waals surface area (Å²) < 4.78 is 127. The van der Waals surface area contributed by atoms with Crippen LogP contribution in [0.2, 0.25) is 0 Å². The van der Waals surface area contributed by atoms with Crippen molar-refractivity contribution in [2.45, 2.75) is 55.9 Å². The van der Waals surface area contributed by atoms with Crippen LogP contribution in [0.3, 0.4) is 0 Å². The number of nitrogens with one attached hydrogen (secondary N) is 2. The van der Waals surface area contributed by atoms with Crippen molar-refractivity contribution < 1.29 is 44.3 Å². The molecule has 0 aliphatic carbocycles. The molecule has 0 saturated heterocycles. The molecular weight excluding hydrogens is 580 g/mol. The third kappa shape index (κ3) is 9.54. The molecule has 0 aliphatic rings. The number of aliphatic hydroxyl groups is 1. The molecule has 0 bridgehead atoms. The summed E-state index contributed by atoms with van der Waals surface area (Å²) in [5, 5.41) is 15.5. The number of benzene rings is 3. The van der Waals surface area contributed by atoms with Crippen LogP contribution in [0.25, 0.3) is 0 Å². The lowest BCUT2D eigenvalue weighted by molar-refractivity contribution is -0.123. The molecule has 0 fully saturated rings. The molecule has 2 amide bonds. The minimum atomic E-state index is -5.09. The zero-order valence-electron chi connectivity index (χ0n) is 35.7. The number of ether oxygens (including phenoxy) is 1. The number of carbonyl (C=O) groups is 2. The normalized spacial score (nSPS) is 19.6. The lowest BCUT2D eigenvalue weighted by Crippen LogP contribution is -2.50. The van der Waals surface area contributed by atoms with Gasteiger partial charge in [0.1, 0.15) is 6.04 Å². The van der Waals surface area contributed by atoms with Crippen LogP contribution in [0.5, 0.6) is 0 Å². The highest BCUT2D eigenvalue weighted by molar-refractivity contribution is 7.89. The molecule has 0 saturated carbocycles. The van der Waals surface area contributed by atoms with Crippen molar-refractivity contribution in [3.63, 3.8) is 0 Å². The zero-order chi connectivity index (χ0) is 42.3. The number of rotatable bonds is 16. The Morgan fingerprint density at radius 3 is 2.16 bits per heavy atom. The number of nitrogens with two attached hydrogens (primary N) is 1. The molecule has 2 unspecified atom stereocenters. The van der Waals surface area contributed by atoms with Crippen LogP contribution >= 0.6 is 0 Å². The Bertz CT molecular complexity index is 1800. The van der Waals surface area contributed by atoms with E-state index >= 15 is 0 Å². The van der Waals surface area contributed by atoms with Gasteiger partial charge in [0.15, 0.2) is 0 Å². The number of amides is 2. The minimum absolute atomic E-state index is 0.00821. The van der Waals surface area contributed by atoms with Crippen molar-refractivity contribution in [3.8, 4) is 0 Å². The van der Waals surface area contributed by atoms with E-state index in [1.54, 1.807) is 60.7 Å². The molecular formula is C33H44N4O6S. The fourth-order valence-corrected chi connectivity index (χ4v) is 6.14. The molecule has 3 rings (SSSR count). The highest BCUT2D eigenvalue weighted by Gasteiger charge is 2.33. The average molecular weight is 637 g/mol. The Morgan fingerprint density at radius 2 is 1.61 bits per heavy atom. The van der Waals surface area contributed by atoms with E-state index in [0.29, 0.717) is 11.1 Å². The van der Waals surface area contributed by atoms with Crippen LogP contribution in [0.4, 0.5) is 10.5 Å². The summed E-state index contributed by atoms with van der Waals surface area (Å²) in [6.07, 6.45) is -2.01. The molecule has 5 N–H and O–H groups in total. The first-order valence-corrected chi connectivity index (χ1v) is 15.1. The van der Waals surface area contributed by atoms with Gasteiger partial charge in [0.25, 0.3) is 0 Å². The summed E-state index contributed by atoms with van der Waals surface area (Å²) in [4.78, 5) is 25.9. The SMILES string of the molecule is [2H]C(O)[C@H](CCCCNC(=O)[C@@H](NC(=O)OC([2H])([2H])[2H])C(c1ccccc1)c1ccccc1)N(C([2H])C([2H])(C([2H])([2H])[2H])C([2H])([2H])[2H])S(=O)(=O)c1ccc(N)cc1. The number of methoxy groups -OCH3 is 1. The molecule has 44 heavy (non-hydrogen) atoms. The molecule has 0 radical (unpaired) electrons. The smallest absolute Gasteiger partial charge is 0.407 e. The van der Waals surface area contributed by atoms with E-state index in [1.807, 2.05) is 0 Å². The third-order valence-electron chi connectivity index (χ3n) is 6.74. The minimum Gasteiger partial charge on any atom is -0.453 e. The lowest BCUT2D eigenvalue weighted by Gasteiger charge is -2.31. The average Bonchev–Trinajstić information content (AvgIpc) is 3.09. The Kier molecular flexibility index (Phi) is 7.98. The first-order valence-electron chi connectivity index (χ1n) is 19.8. The van der Waals surface area contributed by atoms with Gasteiger partial charge in [0.2, 0.25) is 15.9 Å². The molecule has 3 aromatic carbocycles. The molecule has 3 aromatic rings. The second-order valence-electron chi connectivity index (χ2n) is 9.76. The number of nitrogen functional groups attached to an aromatic ring is 1. The molecule has 11 heteroatoms. The van der Waals surface area contributed by atoms with Crippen molar-refractivity contribution in [1.82, 2.24) is 14.9 Å². The summed E-state index contributed by atoms with van der Waals surface area (Å²) in [6, 6.07) is 18.0. The van der Waals surface area contributed by atoms with Crippen LogP contribution in [-0.4, -0.2) is 68.6 Å². The number of nitrogens with zero attached hydrogens (tertiary/aromatic N) is 1. The van der Waals surface area contributed by atoms with Gasteiger partial charge in [-0.15, -0.1) is 0 Å². The number of aliphatic hydroxyl groups excluding tert-OH is 1. The first-order chi connectivity index (χ1) is 25.8. The maximum absolute atomic E-state index is 14.0. The van der Waals surface area contributed by atoms with Crippen LogP contribution < -0.4 is 16.4 Å². The second-order valence-corrected chi connectivity index (χ2v) is 11.6. The van der Waals surface area contributed by atoms with Crippen LogP contribution in [0.1, 0.15) is 66.5 Å². The number of sulfonamides is 1. The molecule has 10 nitrogen and oxygen atoms in total. The Balaban J connectivity index is 1.93. The maximum atomic E-state index is 14.0. The first kappa shape index (κ1) is 20.9. The summed E-state index contributed by atoms with van der Waals surface area (Å²) in [7, 11) is -8.22. The zero-order valence-corrected chi connectivity index (χ0v) is 24.5. The van der Waals surface area contributed by atoms with Crippen molar-refractivity contribution in [1.29, 1.82) is 0 Å². The van der Waals surface area contributed by atoms with E-state index < -0.39 is 91.1 Å². The highest BCUT2D eigenvalue weighted by atomic mass is 32.2. The van der Waals surface area contributed by atoms with E-state index in [0.717, 1.165) is 12.1 Å².